The maximum atomic E-state index is 14.0. The van der Waals surface area contributed by atoms with E-state index in [1.54, 1.807) is 6.92 Å². The van der Waals surface area contributed by atoms with Crippen LogP contribution in [0.25, 0.3) is 0 Å². The van der Waals surface area contributed by atoms with Crippen LogP contribution in [0.2, 0.25) is 0 Å². The zero-order valence-corrected chi connectivity index (χ0v) is 16.4. The molecule has 1 heterocycles. The number of alkyl halides is 4. The summed E-state index contributed by atoms with van der Waals surface area (Å²) in [5.74, 6) is 10.4. The number of aromatic nitrogens is 1. The number of amides is 1. The lowest BCUT2D eigenvalue weighted by molar-refractivity contribution is -0.137. The lowest BCUT2D eigenvalue weighted by atomic mass is 10.2. The summed E-state index contributed by atoms with van der Waals surface area (Å²) in [6, 6.07) is 1.63. The molecule has 1 atom stereocenters. The zero-order chi connectivity index (χ0) is 22.9. The Morgan fingerprint density at radius 1 is 1.27 bits per heavy atom. The minimum Gasteiger partial charge on any atom is -0.401 e. The third kappa shape index (κ3) is 9.43. The Labute approximate surface area is 171 Å². The predicted molar refractivity (Wildman–Crippen MR) is 103 cm³/mol. The number of carbonyl (C=O) groups excluding carboxylic acids is 1. The molecule has 0 aliphatic rings. The van der Waals surface area contributed by atoms with Crippen LogP contribution in [0, 0.1) is 0 Å². The van der Waals surface area contributed by atoms with Crippen molar-refractivity contribution in [2.75, 3.05) is 13.1 Å². The molecule has 0 radical (unpaired) electrons. The Bertz CT molecular complexity index is 764. The van der Waals surface area contributed by atoms with Crippen LogP contribution in [0.5, 0.6) is 0 Å². The Hall–Kier alpha value is -3.06. The summed E-state index contributed by atoms with van der Waals surface area (Å²) in [7, 11) is 0. The Kier molecular flexibility index (Phi) is 9.33. The largest absolute Gasteiger partial charge is 0.416 e. The van der Waals surface area contributed by atoms with Crippen LogP contribution >= 0.6 is 0 Å². The molecule has 0 aromatic carbocycles. The van der Waals surface area contributed by atoms with Crippen LogP contribution in [-0.2, 0) is 17.5 Å². The molecule has 13 heteroatoms. The molecule has 0 saturated heterocycles. The van der Waals surface area contributed by atoms with Gasteiger partial charge < -0.3 is 26.8 Å². The van der Waals surface area contributed by atoms with E-state index in [9.17, 15) is 22.4 Å². The molecule has 1 aromatic heterocycles. The minimum absolute atomic E-state index is 0.00694. The van der Waals surface area contributed by atoms with E-state index in [4.69, 9.17) is 23.2 Å². The second-order valence-electron chi connectivity index (χ2n) is 6.49. The molecule has 30 heavy (non-hydrogen) atoms. The Morgan fingerprint density at radius 2 is 1.93 bits per heavy atom. The van der Waals surface area contributed by atoms with Gasteiger partial charge in [0.2, 0.25) is 0 Å². The SMILES string of the molecule is C/C(N)=C/N(N)CCC(F)CN(N)/C=C(\N)C(=O)NCc1cc(C(F)(F)F)ccn1. The van der Waals surface area contributed by atoms with Gasteiger partial charge in [-0.25, -0.2) is 16.1 Å². The lowest BCUT2D eigenvalue weighted by Gasteiger charge is -2.20. The van der Waals surface area contributed by atoms with Gasteiger partial charge in [-0.05, 0) is 25.5 Å². The van der Waals surface area contributed by atoms with Gasteiger partial charge >= 0.3 is 6.18 Å². The fourth-order valence-electron chi connectivity index (χ4n) is 2.25. The molecule has 0 saturated carbocycles. The molecule has 9 nitrogen and oxygen atoms in total. The van der Waals surface area contributed by atoms with Crippen molar-refractivity contribution >= 4 is 5.91 Å². The van der Waals surface area contributed by atoms with Crippen molar-refractivity contribution in [3.63, 3.8) is 0 Å². The van der Waals surface area contributed by atoms with Gasteiger partial charge in [0.05, 0.1) is 24.3 Å². The number of nitrogens with zero attached hydrogens (tertiary/aromatic N) is 3. The van der Waals surface area contributed by atoms with Crippen LogP contribution in [0.3, 0.4) is 0 Å². The van der Waals surface area contributed by atoms with Crippen molar-refractivity contribution in [2.45, 2.75) is 32.2 Å². The van der Waals surface area contributed by atoms with Gasteiger partial charge in [-0.15, -0.1) is 0 Å². The van der Waals surface area contributed by atoms with Crippen LogP contribution < -0.4 is 28.5 Å². The first-order valence-electron chi connectivity index (χ1n) is 8.76. The Morgan fingerprint density at radius 3 is 2.53 bits per heavy atom. The van der Waals surface area contributed by atoms with Crippen LogP contribution in [-0.4, -0.2) is 40.2 Å². The monoisotopic (exact) mass is 434 g/mol. The summed E-state index contributed by atoms with van der Waals surface area (Å²) < 4.78 is 52.0. The number of carbonyl (C=O) groups is 1. The highest BCUT2D eigenvalue weighted by Crippen LogP contribution is 2.28. The second kappa shape index (κ2) is 11.2. The van der Waals surface area contributed by atoms with Crippen molar-refractivity contribution in [2.24, 2.45) is 23.2 Å². The van der Waals surface area contributed by atoms with Gasteiger partial charge in [-0.2, -0.15) is 13.2 Å². The fourth-order valence-corrected chi connectivity index (χ4v) is 2.25. The first kappa shape index (κ1) is 25.0. The number of rotatable bonds is 10. The number of nitrogens with one attached hydrogen (secondary N) is 1. The highest BCUT2D eigenvalue weighted by atomic mass is 19.4. The van der Waals surface area contributed by atoms with Crippen LogP contribution in [0.1, 0.15) is 24.6 Å². The van der Waals surface area contributed by atoms with Crippen LogP contribution in [0.15, 0.2) is 42.1 Å². The third-order valence-corrected chi connectivity index (χ3v) is 3.62. The predicted octanol–water partition coefficient (Wildman–Crippen LogP) is 0.416. The third-order valence-electron chi connectivity index (χ3n) is 3.62. The molecule has 0 fully saturated rings. The molecule has 168 valence electrons. The van der Waals surface area contributed by atoms with Gasteiger partial charge in [0.25, 0.3) is 5.91 Å². The van der Waals surface area contributed by atoms with Gasteiger partial charge in [0.15, 0.2) is 0 Å². The quantitative estimate of drug-likeness (QED) is 0.154. The van der Waals surface area contributed by atoms with Gasteiger partial charge in [-0.3, -0.25) is 9.78 Å². The highest BCUT2D eigenvalue weighted by Gasteiger charge is 2.30. The molecule has 0 bridgehead atoms. The number of halogens is 4. The maximum Gasteiger partial charge on any atom is 0.416 e. The molecular formula is C17H26F4N8O. The summed E-state index contributed by atoms with van der Waals surface area (Å²) in [6.45, 7) is 1.28. The minimum atomic E-state index is -4.52. The van der Waals surface area contributed by atoms with Gasteiger partial charge in [0.1, 0.15) is 11.9 Å². The lowest BCUT2D eigenvalue weighted by Crippen LogP contribution is -2.37. The number of nitrogens with two attached hydrogens (primary N) is 4. The van der Waals surface area contributed by atoms with E-state index < -0.39 is 23.8 Å². The average molecular weight is 434 g/mol. The summed E-state index contributed by atoms with van der Waals surface area (Å²) in [6.07, 6.45) is -2.38. The number of hydrazine groups is 2. The molecule has 1 amide bonds. The number of hydrogen-bond donors (Lipinski definition) is 5. The van der Waals surface area contributed by atoms with Crippen molar-refractivity contribution in [3.05, 3.63) is 53.4 Å². The van der Waals surface area contributed by atoms with E-state index in [2.05, 4.69) is 10.3 Å². The van der Waals surface area contributed by atoms with E-state index in [1.165, 1.54) is 11.2 Å². The second-order valence-corrected chi connectivity index (χ2v) is 6.49. The van der Waals surface area contributed by atoms with E-state index >= 15 is 0 Å². The standard InChI is InChI=1S/C17H26F4N8O/c1-11(22)8-28(24)5-3-13(18)9-29(25)10-15(23)16(30)27-7-14-6-12(2-4-26-14)17(19,20)21/h2,4,6,8,10,13H,3,5,7,9,22-25H2,1H3,(H,27,30)/b11-8-,15-10-. The molecule has 9 N–H and O–H groups in total. The van der Waals surface area contributed by atoms with E-state index in [1.807, 2.05) is 0 Å². The van der Waals surface area contributed by atoms with E-state index in [0.29, 0.717) is 5.70 Å². The van der Waals surface area contributed by atoms with Crippen molar-refractivity contribution in [3.8, 4) is 0 Å². The van der Waals surface area contributed by atoms with E-state index in [0.717, 1.165) is 29.5 Å². The fraction of sp³-hybridized carbons (Fsp3) is 0.412. The van der Waals surface area contributed by atoms with Crippen molar-refractivity contribution < 1.29 is 22.4 Å². The highest BCUT2D eigenvalue weighted by molar-refractivity contribution is 5.92. The van der Waals surface area contributed by atoms with Gasteiger partial charge in [-0.1, -0.05) is 0 Å². The van der Waals surface area contributed by atoms with Crippen LogP contribution in [0.4, 0.5) is 17.6 Å². The molecule has 1 rings (SSSR count). The summed E-state index contributed by atoms with van der Waals surface area (Å²) >= 11 is 0. The first-order chi connectivity index (χ1) is 13.9. The maximum absolute atomic E-state index is 14.0. The molecule has 1 aromatic rings. The van der Waals surface area contributed by atoms with E-state index in [-0.39, 0.29) is 37.4 Å². The van der Waals surface area contributed by atoms with Crippen molar-refractivity contribution in [1.29, 1.82) is 0 Å². The topological polar surface area (TPSA) is 153 Å². The number of hydrogen-bond acceptors (Lipinski definition) is 8. The average Bonchev–Trinajstić information content (AvgIpc) is 2.63. The molecule has 0 spiro atoms. The molecule has 0 aliphatic carbocycles. The van der Waals surface area contributed by atoms with Crippen molar-refractivity contribution in [1.82, 2.24) is 20.3 Å². The summed E-state index contributed by atoms with van der Waals surface area (Å²) in [5, 5.41) is 4.45. The summed E-state index contributed by atoms with van der Waals surface area (Å²) in [4.78, 5) is 15.7. The summed E-state index contributed by atoms with van der Waals surface area (Å²) in [5.41, 5.74) is 10.3. The zero-order valence-electron chi connectivity index (χ0n) is 16.4. The smallest absolute Gasteiger partial charge is 0.401 e. The number of pyridine rings is 1. The van der Waals surface area contributed by atoms with Gasteiger partial charge in [0, 0.05) is 30.8 Å². The molecular weight excluding hydrogens is 408 g/mol. The first-order valence-corrected chi connectivity index (χ1v) is 8.76. The molecule has 0 aliphatic heterocycles. The Balaban J connectivity index is 2.52. The normalized spacial score (nSPS) is 13.7. The number of allylic oxidation sites excluding steroid dienone is 1. The molecule has 1 unspecified atom stereocenters.